The van der Waals surface area contributed by atoms with Crippen LogP contribution in [0.2, 0.25) is 0 Å². The topological polar surface area (TPSA) is 84.5 Å². The van der Waals surface area contributed by atoms with Gasteiger partial charge in [-0.2, -0.15) is 18.3 Å². The number of benzene rings is 2. The molecule has 2 N–H and O–H groups in total. The number of anilines is 1. The van der Waals surface area contributed by atoms with Crippen molar-refractivity contribution in [1.82, 2.24) is 14.7 Å². The van der Waals surface area contributed by atoms with Crippen molar-refractivity contribution in [3.05, 3.63) is 114 Å². The first-order chi connectivity index (χ1) is 20.9. The largest absolute Gasteiger partial charge is 0.416 e. The number of para-hydroxylation sites is 1. The highest BCUT2D eigenvalue weighted by Gasteiger charge is 2.36. The Labute approximate surface area is 259 Å². The van der Waals surface area contributed by atoms with Crippen LogP contribution in [0.15, 0.2) is 97.4 Å². The van der Waals surface area contributed by atoms with E-state index in [4.69, 9.17) is 5.73 Å². The third kappa shape index (κ3) is 10.3. The Hall–Kier alpha value is -4.60. The van der Waals surface area contributed by atoms with Crippen LogP contribution in [0.5, 0.6) is 0 Å². The van der Waals surface area contributed by atoms with E-state index in [9.17, 15) is 22.8 Å². The van der Waals surface area contributed by atoms with E-state index in [2.05, 4.69) is 24.0 Å². The average molecular weight is 612 g/mol. The second kappa shape index (κ2) is 18.1. The van der Waals surface area contributed by atoms with E-state index >= 15 is 0 Å². The molecule has 0 bridgehead atoms. The zero-order valence-corrected chi connectivity index (χ0v) is 26.6. The van der Waals surface area contributed by atoms with Crippen LogP contribution >= 0.6 is 0 Å². The minimum absolute atomic E-state index is 0.0105. The maximum Gasteiger partial charge on any atom is 0.416 e. The van der Waals surface area contributed by atoms with Crippen molar-refractivity contribution in [2.45, 2.75) is 53.1 Å². The highest BCUT2D eigenvalue weighted by molar-refractivity contribution is 5.97. The van der Waals surface area contributed by atoms with Crippen LogP contribution in [-0.2, 0) is 11.0 Å². The lowest BCUT2D eigenvalue weighted by atomic mass is 9.86. The first-order valence-electron chi connectivity index (χ1n) is 14.4. The highest BCUT2D eigenvalue weighted by Crippen LogP contribution is 2.41. The molecule has 4 rings (SSSR count). The summed E-state index contributed by atoms with van der Waals surface area (Å²) in [6.07, 6.45) is 5.88. The average Bonchev–Trinajstić information content (AvgIpc) is 3.43. The zero-order valence-electron chi connectivity index (χ0n) is 26.6. The normalized spacial score (nSPS) is 14.2. The maximum atomic E-state index is 12.9. The Morgan fingerprint density at radius 2 is 1.73 bits per heavy atom. The molecule has 1 unspecified atom stereocenters. The van der Waals surface area contributed by atoms with Crippen molar-refractivity contribution in [2.24, 2.45) is 5.73 Å². The number of alkyl halides is 3. The van der Waals surface area contributed by atoms with Gasteiger partial charge in [-0.15, -0.1) is 6.58 Å². The summed E-state index contributed by atoms with van der Waals surface area (Å²) in [6, 6.07) is 14.0. The molecule has 44 heavy (non-hydrogen) atoms. The number of primary amides is 1. The lowest BCUT2D eigenvalue weighted by Gasteiger charge is -2.32. The third-order valence-electron chi connectivity index (χ3n) is 6.04. The van der Waals surface area contributed by atoms with Crippen molar-refractivity contribution in [3.63, 3.8) is 0 Å². The monoisotopic (exact) mass is 611 g/mol. The van der Waals surface area contributed by atoms with Crippen LogP contribution < -0.4 is 10.6 Å². The molecule has 3 aromatic rings. The zero-order chi connectivity index (χ0) is 33.4. The molecule has 10 heteroatoms. The summed E-state index contributed by atoms with van der Waals surface area (Å²) in [5.41, 5.74) is 6.99. The molecule has 0 spiro atoms. The van der Waals surface area contributed by atoms with E-state index in [0.717, 1.165) is 40.8 Å². The summed E-state index contributed by atoms with van der Waals surface area (Å²) in [7, 11) is 4.00. The van der Waals surface area contributed by atoms with E-state index in [0.29, 0.717) is 13.0 Å². The van der Waals surface area contributed by atoms with Crippen LogP contribution in [0.25, 0.3) is 5.69 Å². The fourth-order valence-electron chi connectivity index (χ4n) is 4.35. The second-order valence-corrected chi connectivity index (χ2v) is 9.51. The lowest BCUT2D eigenvalue weighted by Crippen LogP contribution is -2.38. The smallest absolute Gasteiger partial charge is 0.383 e. The summed E-state index contributed by atoms with van der Waals surface area (Å²) in [5.74, 6) is 0.161. The standard InChI is InChI=1S/C21H26N4O.C8H6F3NO.C3H6.C2H6/c1-5-10-16(15-23(3)4)18-13-20(26)24(6-2)21-19(18)14-22-25(21)17-11-8-7-9-12-17;9-8(10,11)6-3-1-2-5(4-6)7(12)13;1-3-2;1-2/h5,7-12,14-15,18H,6,13H2,1-4H3;1-4H,(H2,12,13);3H,1H2,2H3;1-2H3/b10-5-,16-15+;;;. The number of allylic oxidation sites excluding steroid dienone is 4. The minimum atomic E-state index is -4.44. The molecule has 0 saturated carbocycles. The second-order valence-electron chi connectivity index (χ2n) is 9.51. The van der Waals surface area contributed by atoms with Gasteiger partial charge in [-0.05, 0) is 56.7 Å². The molecule has 1 aliphatic heterocycles. The first kappa shape index (κ1) is 37.4. The number of aromatic nitrogens is 2. The summed E-state index contributed by atoms with van der Waals surface area (Å²) >= 11 is 0. The van der Waals surface area contributed by atoms with Crippen LogP contribution in [-0.4, -0.2) is 47.1 Å². The van der Waals surface area contributed by atoms with E-state index in [1.165, 1.54) is 6.07 Å². The van der Waals surface area contributed by atoms with Gasteiger partial charge in [-0.1, -0.05) is 56.3 Å². The van der Waals surface area contributed by atoms with Gasteiger partial charge >= 0.3 is 6.18 Å². The molecule has 1 atom stereocenters. The number of halogens is 3. The number of amides is 2. The van der Waals surface area contributed by atoms with E-state index in [1.54, 1.807) is 6.08 Å². The molecule has 0 fully saturated rings. The predicted molar refractivity (Wildman–Crippen MR) is 173 cm³/mol. The molecule has 0 aliphatic carbocycles. The molecule has 1 aromatic heterocycles. The number of hydrogen-bond donors (Lipinski definition) is 1. The van der Waals surface area contributed by atoms with Crippen LogP contribution in [0.1, 0.15) is 68.4 Å². The number of carbonyl (C=O) groups excluding carboxylic acids is 2. The SMILES string of the molecule is C/C=C\C(=C/N(C)C)C1CC(=O)N(CC)c2c1cnn2-c1ccccc1.C=CC.CC.NC(=O)c1cccc(C(F)(F)F)c1. The Morgan fingerprint density at radius 1 is 1.11 bits per heavy atom. The van der Waals surface area contributed by atoms with Gasteiger partial charge < -0.3 is 10.6 Å². The van der Waals surface area contributed by atoms with Crippen molar-refractivity contribution in [3.8, 4) is 5.69 Å². The molecule has 7 nitrogen and oxygen atoms in total. The molecule has 238 valence electrons. The number of nitrogens with zero attached hydrogens (tertiary/aromatic N) is 4. The van der Waals surface area contributed by atoms with Gasteiger partial charge in [-0.25, -0.2) is 4.68 Å². The summed E-state index contributed by atoms with van der Waals surface area (Å²) in [6.45, 7) is 13.9. The summed E-state index contributed by atoms with van der Waals surface area (Å²) in [4.78, 5) is 27.3. The van der Waals surface area contributed by atoms with Gasteiger partial charge in [0.1, 0.15) is 5.82 Å². The number of carbonyl (C=O) groups is 2. The van der Waals surface area contributed by atoms with Crippen LogP contribution in [0.4, 0.5) is 19.0 Å². The molecule has 2 amide bonds. The molecule has 0 saturated heterocycles. The number of fused-ring (bicyclic) bond motifs is 1. The Morgan fingerprint density at radius 3 is 2.23 bits per heavy atom. The van der Waals surface area contributed by atoms with E-state index < -0.39 is 17.6 Å². The van der Waals surface area contributed by atoms with E-state index in [-0.39, 0.29) is 17.4 Å². The molecule has 0 radical (unpaired) electrons. The van der Waals surface area contributed by atoms with Crippen molar-refractivity contribution in [1.29, 1.82) is 0 Å². The van der Waals surface area contributed by atoms with Gasteiger partial charge in [-0.3, -0.25) is 14.5 Å². The van der Waals surface area contributed by atoms with Gasteiger partial charge in [0.25, 0.3) is 0 Å². The maximum absolute atomic E-state index is 12.9. The third-order valence-corrected chi connectivity index (χ3v) is 6.04. The summed E-state index contributed by atoms with van der Waals surface area (Å²) in [5, 5.41) is 4.63. The van der Waals surface area contributed by atoms with Crippen molar-refractivity contribution < 1.29 is 22.8 Å². The number of nitrogens with two attached hydrogens (primary N) is 1. The van der Waals surface area contributed by atoms with Crippen molar-refractivity contribution >= 4 is 17.6 Å². The molecular formula is C34H44F3N5O2. The van der Waals surface area contributed by atoms with Gasteiger partial charge in [0, 0.05) is 50.3 Å². The van der Waals surface area contributed by atoms with E-state index in [1.807, 2.05) is 106 Å². The minimum Gasteiger partial charge on any atom is -0.383 e. The highest BCUT2D eigenvalue weighted by atomic mass is 19.4. The quantitative estimate of drug-likeness (QED) is 0.228. The molecule has 2 aromatic carbocycles. The first-order valence-corrected chi connectivity index (χ1v) is 14.4. The van der Waals surface area contributed by atoms with Gasteiger partial charge in [0.05, 0.1) is 17.4 Å². The van der Waals surface area contributed by atoms with Gasteiger partial charge in [0.15, 0.2) is 0 Å². The van der Waals surface area contributed by atoms with Crippen molar-refractivity contribution in [2.75, 3.05) is 25.5 Å². The summed E-state index contributed by atoms with van der Waals surface area (Å²) < 4.78 is 38.1. The Kier molecular flexibility index (Phi) is 15.4. The molecule has 1 aliphatic rings. The Bertz CT molecular complexity index is 1410. The predicted octanol–water partition coefficient (Wildman–Crippen LogP) is 7.76. The van der Waals surface area contributed by atoms with Crippen LogP contribution in [0.3, 0.4) is 0 Å². The number of rotatable bonds is 6. The fraction of sp³-hybridized carbons (Fsp3) is 0.324. The fourth-order valence-corrected chi connectivity index (χ4v) is 4.35. The van der Waals surface area contributed by atoms with Gasteiger partial charge in [0.2, 0.25) is 11.8 Å². The molecule has 2 heterocycles. The number of hydrogen-bond acceptors (Lipinski definition) is 4. The Balaban J connectivity index is 0.000000450. The molecular weight excluding hydrogens is 567 g/mol. The van der Waals surface area contributed by atoms with Crippen LogP contribution in [0, 0.1) is 0 Å². The lowest BCUT2D eigenvalue weighted by molar-refractivity contribution is -0.137.